The van der Waals surface area contributed by atoms with Crippen LogP contribution in [0, 0.1) is 0 Å². The molecule has 1 rings (SSSR count). The standard InChI is InChI=1S/C11H14O5S/c1-3-15-11(12)10(16-17(2,13)14)9-7-5-4-6-8-9/h4-8,10H,3H2,1-2H3/t10-/m0/s1. The molecule has 0 unspecified atom stereocenters. The highest BCUT2D eigenvalue weighted by Crippen LogP contribution is 2.20. The van der Waals surface area contributed by atoms with Crippen molar-refractivity contribution in [1.82, 2.24) is 0 Å². The molecule has 5 nitrogen and oxygen atoms in total. The SMILES string of the molecule is CCOC(=O)[C@@H](OS(C)(=O)=O)c1ccccc1. The van der Waals surface area contributed by atoms with Gasteiger partial charge in [0.1, 0.15) is 0 Å². The fraction of sp³-hybridized carbons (Fsp3) is 0.364. The lowest BCUT2D eigenvalue weighted by Crippen LogP contribution is -2.21. The highest BCUT2D eigenvalue weighted by molar-refractivity contribution is 7.86. The van der Waals surface area contributed by atoms with Crippen LogP contribution in [0.2, 0.25) is 0 Å². The average Bonchev–Trinajstić information content (AvgIpc) is 2.26. The predicted octanol–water partition coefficient (Wildman–Crippen LogP) is 1.27. The first-order valence-corrected chi connectivity index (χ1v) is 6.85. The zero-order chi connectivity index (χ0) is 12.9. The molecule has 0 aliphatic heterocycles. The lowest BCUT2D eigenvalue weighted by molar-refractivity contribution is -0.151. The van der Waals surface area contributed by atoms with E-state index < -0.39 is 22.2 Å². The van der Waals surface area contributed by atoms with E-state index in [9.17, 15) is 13.2 Å². The Hall–Kier alpha value is -1.40. The Labute approximate surface area is 100 Å². The van der Waals surface area contributed by atoms with Crippen LogP contribution < -0.4 is 0 Å². The van der Waals surface area contributed by atoms with Gasteiger partial charge in [-0.25, -0.2) is 4.79 Å². The van der Waals surface area contributed by atoms with Gasteiger partial charge in [-0.15, -0.1) is 0 Å². The minimum absolute atomic E-state index is 0.162. The monoisotopic (exact) mass is 258 g/mol. The molecular formula is C11H14O5S. The van der Waals surface area contributed by atoms with Crippen molar-refractivity contribution in [1.29, 1.82) is 0 Å². The number of benzene rings is 1. The predicted molar refractivity (Wildman–Crippen MR) is 61.7 cm³/mol. The van der Waals surface area contributed by atoms with Crippen LogP contribution >= 0.6 is 0 Å². The van der Waals surface area contributed by atoms with Crippen LogP contribution in [0.15, 0.2) is 30.3 Å². The minimum Gasteiger partial charge on any atom is -0.464 e. The number of hydrogen-bond donors (Lipinski definition) is 0. The quantitative estimate of drug-likeness (QED) is 0.587. The lowest BCUT2D eigenvalue weighted by atomic mass is 10.1. The smallest absolute Gasteiger partial charge is 0.341 e. The van der Waals surface area contributed by atoms with Gasteiger partial charge in [-0.3, -0.25) is 4.18 Å². The molecule has 0 spiro atoms. The van der Waals surface area contributed by atoms with Crippen molar-refractivity contribution < 1.29 is 22.1 Å². The molecule has 0 N–H and O–H groups in total. The normalized spacial score (nSPS) is 13.1. The topological polar surface area (TPSA) is 69.7 Å². The molecule has 0 saturated heterocycles. The maximum Gasteiger partial charge on any atom is 0.341 e. The molecule has 0 bridgehead atoms. The van der Waals surface area contributed by atoms with Crippen molar-refractivity contribution in [3.05, 3.63) is 35.9 Å². The third kappa shape index (κ3) is 4.54. The summed E-state index contributed by atoms with van der Waals surface area (Å²) in [6, 6.07) is 8.34. The molecule has 0 fully saturated rings. The van der Waals surface area contributed by atoms with Gasteiger partial charge in [0, 0.05) is 0 Å². The van der Waals surface area contributed by atoms with Gasteiger partial charge in [-0.2, -0.15) is 8.42 Å². The molecular weight excluding hydrogens is 244 g/mol. The highest BCUT2D eigenvalue weighted by atomic mass is 32.2. The molecule has 0 saturated carbocycles. The van der Waals surface area contributed by atoms with Crippen molar-refractivity contribution in [3.8, 4) is 0 Å². The molecule has 0 heterocycles. The summed E-state index contributed by atoms with van der Waals surface area (Å²) in [5.41, 5.74) is 0.441. The van der Waals surface area contributed by atoms with Gasteiger partial charge < -0.3 is 4.74 Å². The van der Waals surface area contributed by atoms with E-state index in [4.69, 9.17) is 8.92 Å². The van der Waals surface area contributed by atoms with Gasteiger partial charge in [0.05, 0.1) is 12.9 Å². The minimum atomic E-state index is -3.74. The summed E-state index contributed by atoms with van der Waals surface area (Å²) >= 11 is 0. The molecule has 1 atom stereocenters. The zero-order valence-electron chi connectivity index (χ0n) is 9.62. The molecule has 6 heteroatoms. The van der Waals surface area contributed by atoms with E-state index in [2.05, 4.69) is 0 Å². The van der Waals surface area contributed by atoms with E-state index >= 15 is 0 Å². The third-order valence-corrected chi connectivity index (χ3v) is 2.42. The number of rotatable bonds is 5. The maximum absolute atomic E-state index is 11.6. The summed E-state index contributed by atoms with van der Waals surface area (Å²) in [7, 11) is -3.74. The van der Waals surface area contributed by atoms with Gasteiger partial charge in [0.2, 0.25) is 0 Å². The summed E-state index contributed by atoms with van der Waals surface area (Å²) in [4.78, 5) is 11.6. The average molecular weight is 258 g/mol. The third-order valence-electron chi connectivity index (χ3n) is 1.87. The summed E-state index contributed by atoms with van der Waals surface area (Å²) in [5.74, 6) is -0.718. The summed E-state index contributed by atoms with van der Waals surface area (Å²) in [5, 5.41) is 0. The molecule has 17 heavy (non-hydrogen) atoms. The first-order chi connectivity index (χ1) is 7.94. The van der Waals surface area contributed by atoms with Crippen LogP contribution in [-0.2, 0) is 23.8 Å². The van der Waals surface area contributed by atoms with Gasteiger partial charge in [-0.05, 0) is 12.5 Å². The van der Waals surface area contributed by atoms with E-state index in [-0.39, 0.29) is 6.61 Å². The number of carbonyl (C=O) groups excluding carboxylic acids is 1. The van der Waals surface area contributed by atoms with Crippen molar-refractivity contribution in [3.63, 3.8) is 0 Å². The molecule has 0 radical (unpaired) electrons. The van der Waals surface area contributed by atoms with E-state index in [0.29, 0.717) is 5.56 Å². The molecule has 0 aliphatic rings. The highest BCUT2D eigenvalue weighted by Gasteiger charge is 2.26. The number of esters is 1. The van der Waals surface area contributed by atoms with Crippen molar-refractivity contribution >= 4 is 16.1 Å². The Bertz CT molecular complexity index is 466. The van der Waals surface area contributed by atoms with E-state index in [1.54, 1.807) is 37.3 Å². The molecule has 1 aromatic carbocycles. The second-order valence-corrected chi connectivity index (χ2v) is 4.94. The number of carbonyl (C=O) groups is 1. The van der Waals surface area contributed by atoms with Crippen LogP contribution in [0.25, 0.3) is 0 Å². The summed E-state index contributed by atoms with van der Waals surface area (Å²) in [6.45, 7) is 1.80. The lowest BCUT2D eigenvalue weighted by Gasteiger charge is -2.14. The van der Waals surface area contributed by atoms with Crippen molar-refractivity contribution in [2.24, 2.45) is 0 Å². The zero-order valence-corrected chi connectivity index (χ0v) is 10.4. The summed E-state index contributed by atoms with van der Waals surface area (Å²) < 4.78 is 31.7. The van der Waals surface area contributed by atoms with Crippen LogP contribution in [0.5, 0.6) is 0 Å². The van der Waals surface area contributed by atoms with Crippen molar-refractivity contribution in [2.45, 2.75) is 13.0 Å². The second-order valence-electron chi connectivity index (χ2n) is 3.34. The second kappa shape index (κ2) is 5.79. The Morgan fingerprint density at radius 1 is 1.29 bits per heavy atom. The Balaban J connectivity index is 2.99. The Morgan fingerprint density at radius 3 is 2.35 bits per heavy atom. The number of ether oxygens (including phenoxy) is 1. The Kier molecular flexibility index (Phi) is 4.65. The van der Waals surface area contributed by atoms with Gasteiger partial charge in [0.25, 0.3) is 10.1 Å². The fourth-order valence-electron chi connectivity index (χ4n) is 1.25. The van der Waals surface area contributed by atoms with Crippen molar-refractivity contribution in [2.75, 3.05) is 12.9 Å². The Morgan fingerprint density at radius 2 is 1.88 bits per heavy atom. The number of hydrogen-bond acceptors (Lipinski definition) is 5. The summed E-state index contributed by atoms with van der Waals surface area (Å²) in [6.07, 6.45) is -0.353. The molecule has 1 aromatic rings. The van der Waals surface area contributed by atoms with E-state index in [1.807, 2.05) is 0 Å². The largest absolute Gasteiger partial charge is 0.464 e. The molecule has 94 valence electrons. The molecule has 0 aliphatic carbocycles. The van der Waals surface area contributed by atoms with Crippen LogP contribution in [0.4, 0.5) is 0 Å². The molecule has 0 aromatic heterocycles. The molecule has 0 amide bonds. The first kappa shape index (κ1) is 13.7. The van der Waals surface area contributed by atoms with Crippen LogP contribution in [0.3, 0.4) is 0 Å². The van der Waals surface area contributed by atoms with Gasteiger partial charge in [0.15, 0.2) is 6.10 Å². The van der Waals surface area contributed by atoms with E-state index in [1.165, 1.54) is 0 Å². The van der Waals surface area contributed by atoms with Crippen LogP contribution in [-0.4, -0.2) is 27.2 Å². The van der Waals surface area contributed by atoms with Gasteiger partial charge in [-0.1, -0.05) is 30.3 Å². The van der Waals surface area contributed by atoms with Gasteiger partial charge >= 0.3 is 5.97 Å². The van der Waals surface area contributed by atoms with E-state index in [0.717, 1.165) is 6.26 Å². The van der Waals surface area contributed by atoms with Crippen LogP contribution in [0.1, 0.15) is 18.6 Å². The maximum atomic E-state index is 11.6. The first-order valence-electron chi connectivity index (χ1n) is 5.04. The fourth-order valence-corrected chi connectivity index (χ4v) is 1.79.